The molecule has 3 fully saturated rings. The number of aliphatic imine (C=N–C) groups is 1. The first-order chi connectivity index (χ1) is 10.7. The summed E-state index contributed by atoms with van der Waals surface area (Å²) < 4.78 is 5.63. The summed E-state index contributed by atoms with van der Waals surface area (Å²) in [5.41, 5.74) is 0.404. The second kappa shape index (κ2) is 7.18. The molecule has 1 spiro atoms. The molecule has 0 saturated carbocycles. The quantitative estimate of drug-likeness (QED) is 0.632. The van der Waals surface area contributed by atoms with Crippen molar-refractivity contribution in [2.24, 2.45) is 16.3 Å². The van der Waals surface area contributed by atoms with Gasteiger partial charge in [-0.05, 0) is 44.7 Å². The minimum absolute atomic E-state index is 0.404. The van der Waals surface area contributed by atoms with Crippen LogP contribution in [0.15, 0.2) is 4.99 Å². The molecule has 3 aliphatic heterocycles. The molecule has 22 heavy (non-hydrogen) atoms. The first-order valence-corrected chi connectivity index (χ1v) is 9.00. The van der Waals surface area contributed by atoms with Crippen molar-refractivity contribution >= 4 is 5.96 Å². The molecule has 2 unspecified atom stereocenters. The van der Waals surface area contributed by atoms with Gasteiger partial charge in [-0.2, -0.15) is 0 Å². The van der Waals surface area contributed by atoms with Crippen LogP contribution < -0.4 is 5.32 Å². The van der Waals surface area contributed by atoms with E-state index in [4.69, 9.17) is 4.74 Å². The Kier molecular flexibility index (Phi) is 5.24. The highest BCUT2D eigenvalue weighted by Crippen LogP contribution is 2.38. The number of guanidine groups is 1. The van der Waals surface area contributed by atoms with Crippen molar-refractivity contribution in [1.82, 2.24) is 15.1 Å². The van der Waals surface area contributed by atoms with E-state index in [1.165, 1.54) is 45.3 Å². The molecule has 0 aromatic carbocycles. The molecule has 0 aromatic heterocycles. The van der Waals surface area contributed by atoms with Crippen LogP contribution in [0.1, 0.15) is 32.6 Å². The SMILES string of the molecule is CCN1CCCC(CNC(=NC)N2CCC3(CCOC3)C2)C1. The molecule has 2 atom stereocenters. The highest BCUT2D eigenvalue weighted by molar-refractivity contribution is 5.80. The van der Waals surface area contributed by atoms with Gasteiger partial charge in [0.05, 0.1) is 6.61 Å². The predicted octanol–water partition coefficient (Wildman–Crippen LogP) is 1.41. The van der Waals surface area contributed by atoms with Crippen LogP contribution in [0, 0.1) is 11.3 Å². The number of likely N-dealkylation sites (tertiary alicyclic amines) is 2. The number of hydrogen-bond donors (Lipinski definition) is 1. The first-order valence-electron chi connectivity index (χ1n) is 9.00. The Labute approximate surface area is 135 Å². The van der Waals surface area contributed by atoms with Crippen LogP contribution in [-0.2, 0) is 4.74 Å². The molecule has 1 N–H and O–H groups in total. The maximum Gasteiger partial charge on any atom is 0.193 e. The standard InChI is InChI=1S/C17H32N4O/c1-3-20-8-4-5-15(12-20)11-19-16(18-2)21-9-6-17(13-21)7-10-22-14-17/h15H,3-14H2,1-2H3,(H,18,19). The summed E-state index contributed by atoms with van der Waals surface area (Å²) in [6, 6.07) is 0. The molecule has 0 aromatic rings. The number of nitrogens with one attached hydrogen (secondary N) is 1. The molecule has 3 heterocycles. The van der Waals surface area contributed by atoms with Crippen molar-refractivity contribution in [2.45, 2.75) is 32.6 Å². The van der Waals surface area contributed by atoms with E-state index in [0.29, 0.717) is 5.41 Å². The van der Waals surface area contributed by atoms with E-state index < -0.39 is 0 Å². The summed E-state index contributed by atoms with van der Waals surface area (Å²) in [7, 11) is 1.91. The summed E-state index contributed by atoms with van der Waals surface area (Å²) in [5.74, 6) is 1.86. The molecule has 0 amide bonds. The summed E-state index contributed by atoms with van der Waals surface area (Å²) in [6.45, 7) is 11.1. The molecule has 3 saturated heterocycles. The van der Waals surface area contributed by atoms with Gasteiger partial charge in [0.25, 0.3) is 0 Å². The normalized spacial score (nSPS) is 33.8. The molecule has 5 nitrogen and oxygen atoms in total. The summed E-state index contributed by atoms with van der Waals surface area (Å²) >= 11 is 0. The van der Waals surface area contributed by atoms with Gasteiger partial charge in [0.15, 0.2) is 5.96 Å². The van der Waals surface area contributed by atoms with Gasteiger partial charge in [0, 0.05) is 45.2 Å². The van der Waals surface area contributed by atoms with E-state index in [1.54, 1.807) is 0 Å². The molecular formula is C17H32N4O. The van der Waals surface area contributed by atoms with Gasteiger partial charge in [-0.1, -0.05) is 6.92 Å². The van der Waals surface area contributed by atoms with Crippen LogP contribution in [0.25, 0.3) is 0 Å². The third-order valence-electron chi connectivity index (χ3n) is 5.73. The highest BCUT2D eigenvalue weighted by atomic mass is 16.5. The van der Waals surface area contributed by atoms with Gasteiger partial charge in [-0.15, -0.1) is 0 Å². The lowest BCUT2D eigenvalue weighted by Gasteiger charge is -2.33. The maximum atomic E-state index is 5.63. The fourth-order valence-corrected chi connectivity index (χ4v) is 4.26. The Morgan fingerprint density at radius 3 is 3.00 bits per heavy atom. The van der Waals surface area contributed by atoms with E-state index >= 15 is 0 Å². The topological polar surface area (TPSA) is 40.1 Å². The van der Waals surface area contributed by atoms with E-state index in [2.05, 4.69) is 27.0 Å². The Balaban J connectivity index is 1.48. The average Bonchev–Trinajstić information content (AvgIpc) is 3.19. The van der Waals surface area contributed by atoms with Crippen molar-refractivity contribution in [2.75, 3.05) is 59.5 Å². The number of nitrogens with zero attached hydrogens (tertiary/aromatic N) is 3. The number of hydrogen-bond acceptors (Lipinski definition) is 3. The lowest BCUT2D eigenvalue weighted by molar-refractivity contribution is 0.156. The number of rotatable bonds is 3. The van der Waals surface area contributed by atoms with E-state index in [1.807, 2.05) is 7.05 Å². The summed E-state index contributed by atoms with van der Waals surface area (Å²) in [6.07, 6.45) is 5.15. The first kappa shape index (κ1) is 16.1. The molecule has 0 bridgehead atoms. The van der Waals surface area contributed by atoms with Gasteiger partial charge in [0.2, 0.25) is 0 Å². The zero-order valence-electron chi connectivity index (χ0n) is 14.3. The Hall–Kier alpha value is -0.810. The molecule has 5 heteroatoms. The highest BCUT2D eigenvalue weighted by Gasteiger charge is 2.42. The molecule has 3 aliphatic rings. The van der Waals surface area contributed by atoms with Crippen LogP contribution in [0.5, 0.6) is 0 Å². The monoisotopic (exact) mass is 308 g/mol. The predicted molar refractivity (Wildman–Crippen MR) is 90.3 cm³/mol. The van der Waals surface area contributed by atoms with E-state index in [-0.39, 0.29) is 0 Å². The zero-order valence-corrected chi connectivity index (χ0v) is 14.3. The van der Waals surface area contributed by atoms with Crippen LogP contribution in [0.2, 0.25) is 0 Å². The van der Waals surface area contributed by atoms with Crippen LogP contribution in [0.3, 0.4) is 0 Å². The van der Waals surface area contributed by atoms with Crippen molar-refractivity contribution in [3.63, 3.8) is 0 Å². The van der Waals surface area contributed by atoms with E-state index in [0.717, 1.165) is 44.7 Å². The largest absolute Gasteiger partial charge is 0.381 e. The molecule has 0 radical (unpaired) electrons. The smallest absolute Gasteiger partial charge is 0.193 e. The lowest BCUT2D eigenvalue weighted by atomic mass is 9.87. The molecule has 0 aliphatic carbocycles. The van der Waals surface area contributed by atoms with Gasteiger partial charge in [-0.25, -0.2) is 0 Å². The summed E-state index contributed by atoms with van der Waals surface area (Å²) in [5, 5.41) is 3.64. The minimum atomic E-state index is 0.404. The van der Waals surface area contributed by atoms with Crippen molar-refractivity contribution in [3.8, 4) is 0 Å². The second-order valence-electron chi connectivity index (χ2n) is 7.30. The lowest BCUT2D eigenvalue weighted by Crippen LogP contribution is -2.46. The van der Waals surface area contributed by atoms with Crippen LogP contribution in [0.4, 0.5) is 0 Å². The Morgan fingerprint density at radius 1 is 1.36 bits per heavy atom. The van der Waals surface area contributed by atoms with Gasteiger partial charge >= 0.3 is 0 Å². The Bertz CT molecular complexity index is 392. The Morgan fingerprint density at radius 2 is 2.27 bits per heavy atom. The minimum Gasteiger partial charge on any atom is -0.381 e. The molecule has 3 rings (SSSR count). The average molecular weight is 308 g/mol. The van der Waals surface area contributed by atoms with Gasteiger partial charge in [0.1, 0.15) is 0 Å². The number of ether oxygens (including phenoxy) is 1. The van der Waals surface area contributed by atoms with E-state index in [9.17, 15) is 0 Å². The van der Waals surface area contributed by atoms with Crippen LogP contribution >= 0.6 is 0 Å². The van der Waals surface area contributed by atoms with Gasteiger partial charge < -0.3 is 19.9 Å². The van der Waals surface area contributed by atoms with Crippen LogP contribution in [-0.4, -0.2) is 75.3 Å². The zero-order chi connectivity index (χ0) is 15.4. The third kappa shape index (κ3) is 3.57. The third-order valence-corrected chi connectivity index (χ3v) is 5.73. The number of piperidine rings is 1. The fraction of sp³-hybridized carbons (Fsp3) is 0.941. The van der Waals surface area contributed by atoms with Crippen molar-refractivity contribution in [3.05, 3.63) is 0 Å². The van der Waals surface area contributed by atoms with Crippen molar-refractivity contribution in [1.29, 1.82) is 0 Å². The molecule has 126 valence electrons. The maximum absolute atomic E-state index is 5.63. The molecular weight excluding hydrogens is 276 g/mol. The van der Waals surface area contributed by atoms with Crippen molar-refractivity contribution < 1.29 is 4.74 Å². The fourth-order valence-electron chi connectivity index (χ4n) is 4.26. The van der Waals surface area contributed by atoms with Gasteiger partial charge in [-0.3, -0.25) is 4.99 Å². The summed E-state index contributed by atoms with van der Waals surface area (Å²) in [4.78, 5) is 9.53. The second-order valence-corrected chi connectivity index (χ2v) is 7.30.